The van der Waals surface area contributed by atoms with E-state index >= 15 is 0 Å². The van der Waals surface area contributed by atoms with Crippen LogP contribution in [0.5, 0.6) is 5.75 Å². The smallest absolute Gasteiger partial charge is 0.262 e. The number of carbonyl (C=O) groups excluding carboxylic acids is 1. The van der Waals surface area contributed by atoms with E-state index in [1.54, 1.807) is 24.3 Å². The number of benzene rings is 2. The van der Waals surface area contributed by atoms with Crippen LogP contribution in [0.25, 0.3) is 0 Å². The summed E-state index contributed by atoms with van der Waals surface area (Å²) in [5, 5.41) is 11.5. The van der Waals surface area contributed by atoms with Crippen molar-refractivity contribution in [2.45, 2.75) is 26.7 Å². The first-order valence-corrected chi connectivity index (χ1v) is 7.53. The molecule has 0 aromatic heterocycles. The van der Waals surface area contributed by atoms with Gasteiger partial charge in [-0.25, -0.2) is 0 Å². The fourth-order valence-electron chi connectivity index (χ4n) is 2.36. The van der Waals surface area contributed by atoms with Gasteiger partial charge >= 0.3 is 0 Å². The van der Waals surface area contributed by atoms with Crippen molar-refractivity contribution in [3.05, 3.63) is 59.2 Å². The minimum atomic E-state index is -0.236. The summed E-state index contributed by atoms with van der Waals surface area (Å²) in [5.74, 6) is 0.908. The van der Waals surface area contributed by atoms with Crippen LogP contribution in [0.15, 0.2) is 42.5 Å². The van der Waals surface area contributed by atoms with Crippen LogP contribution >= 0.6 is 0 Å². The zero-order chi connectivity index (χ0) is 16.8. The molecule has 0 aliphatic rings. The Morgan fingerprint density at radius 1 is 1.22 bits per heavy atom. The molecule has 2 rings (SSSR count). The number of anilines is 1. The Labute approximate surface area is 136 Å². The van der Waals surface area contributed by atoms with Crippen LogP contribution in [-0.2, 0) is 4.79 Å². The van der Waals surface area contributed by atoms with E-state index in [1.165, 1.54) is 5.56 Å². The van der Waals surface area contributed by atoms with Gasteiger partial charge in [0, 0.05) is 5.69 Å². The highest BCUT2D eigenvalue weighted by Gasteiger charge is 2.07. The minimum Gasteiger partial charge on any atom is -0.484 e. The number of nitriles is 1. The number of carbonyl (C=O) groups is 1. The van der Waals surface area contributed by atoms with Crippen LogP contribution in [0, 0.1) is 18.3 Å². The molecule has 23 heavy (non-hydrogen) atoms. The average molecular weight is 308 g/mol. The van der Waals surface area contributed by atoms with Crippen LogP contribution in [0.2, 0.25) is 0 Å². The lowest BCUT2D eigenvalue weighted by atomic mass is 9.98. The molecular formula is C19H20N2O2. The third kappa shape index (κ3) is 4.58. The predicted octanol–water partition coefficient (Wildman–Crippen LogP) is 4.01. The van der Waals surface area contributed by atoms with Crippen LogP contribution in [-0.4, -0.2) is 12.5 Å². The largest absolute Gasteiger partial charge is 0.484 e. The lowest BCUT2D eigenvalue weighted by Crippen LogP contribution is -2.20. The summed E-state index contributed by atoms with van der Waals surface area (Å²) < 4.78 is 5.54. The van der Waals surface area contributed by atoms with Crippen molar-refractivity contribution in [1.29, 1.82) is 5.26 Å². The molecule has 1 amide bonds. The van der Waals surface area contributed by atoms with Crippen molar-refractivity contribution >= 4 is 11.6 Å². The van der Waals surface area contributed by atoms with E-state index in [1.807, 2.05) is 31.2 Å². The fourth-order valence-corrected chi connectivity index (χ4v) is 2.36. The quantitative estimate of drug-likeness (QED) is 0.908. The second kappa shape index (κ2) is 7.46. The number of aryl methyl sites for hydroxylation is 1. The Morgan fingerprint density at radius 3 is 2.48 bits per heavy atom. The molecule has 4 nitrogen and oxygen atoms in total. The first kappa shape index (κ1) is 16.6. The van der Waals surface area contributed by atoms with E-state index in [9.17, 15) is 4.79 Å². The van der Waals surface area contributed by atoms with E-state index in [0.717, 1.165) is 5.56 Å². The van der Waals surface area contributed by atoms with Gasteiger partial charge in [0.05, 0.1) is 11.6 Å². The molecule has 0 saturated heterocycles. The van der Waals surface area contributed by atoms with Gasteiger partial charge in [0.1, 0.15) is 5.75 Å². The Balaban J connectivity index is 1.91. The molecule has 0 radical (unpaired) electrons. The Hall–Kier alpha value is -2.80. The van der Waals surface area contributed by atoms with E-state index < -0.39 is 0 Å². The molecule has 0 fully saturated rings. The molecule has 0 saturated carbocycles. The summed E-state index contributed by atoms with van der Waals surface area (Å²) >= 11 is 0. The van der Waals surface area contributed by atoms with Crippen LogP contribution < -0.4 is 10.1 Å². The summed E-state index contributed by atoms with van der Waals surface area (Å²) in [6.07, 6.45) is 0. The van der Waals surface area contributed by atoms with E-state index in [4.69, 9.17) is 10.00 Å². The van der Waals surface area contributed by atoms with Gasteiger partial charge < -0.3 is 10.1 Å². The van der Waals surface area contributed by atoms with Crippen molar-refractivity contribution in [2.75, 3.05) is 11.9 Å². The zero-order valence-corrected chi connectivity index (χ0v) is 13.6. The standard InChI is InChI=1S/C19H20N2O2/c1-13(2)18-9-8-17(10-14(18)3)23-12-19(22)21-16-6-4-15(11-20)5-7-16/h4-10,13H,12H2,1-3H3,(H,21,22). The van der Waals surface area contributed by atoms with Crippen molar-refractivity contribution in [3.63, 3.8) is 0 Å². The number of hydrogen-bond acceptors (Lipinski definition) is 3. The highest BCUT2D eigenvalue weighted by Crippen LogP contribution is 2.23. The number of nitrogens with one attached hydrogen (secondary N) is 1. The number of ether oxygens (including phenoxy) is 1. The molecule has 0 unspecified atom stereocenters. The molecule has 2 aromatic rings. The van der Waals surface area contributed by atoms with Crippen molar-refractivity contribution in [3.8, 4) is 11.8 Å². The van der Waals surface area contributed by atoms with Crippen LogP contribution in [0.3, 0.4) is 0 Å². The molecule has 118 valence electrons. The van der Waals surface area contributed by atoms with Gasteiger partial charge in [-0.2, -0.15) is 5.26 Å². The lowest BCUT2D eigenvalue weighted by molar-refractivity contribution is -0.118. The van der Waals surface area contributed by atoms with E-state index in [0.29, 0.717) is 22.9 Å². The van der Waals surface area contributed by atoms with Crippen molar-refractivity contribution < 1.29 is 9.53 Å². The first-order chi connectivity index (χ1) is 11.0. The molecule has 1 N–H and O–H groups in total. The molecule has 0 aliphatic carbocycles. The molecule has 0 aliphatic heterocycles. The lowest BCUT2D eigenvalue weighted by Gasteiger charge is -2.12. The molecule has 0 atom stereocenters. The highest BCUT2D eigenvalue weighted by molar-refractivity contribution is 5.91. The van der Waals surface area contributed by atoms with Crippen molar-refractivity contribution in [2.24, 2.45) is 0 Å². The maximum Gasteiger partial charge on any atom is 0.262 e. The van der Waals surface area contributed by atoms with Crippen LogP contribution in [0.4, 0.5) is 5.69 Å². The van der Waals surface area contributed by atoms with Gasteiger partial charge in [0.2, 0.25) is 0 Å². The summed E-state index contributed by atoms with van der Waals surface area (Å²) in [7, 11) is 0. The second-order valence-corrected chi connectivity index (χ2v) is 5.70. The summed E-state index contributed by atoms with van der Waals surface area (Å²) in [6.45, 7) is 6.28. The Bertz CT molecular complexity index is 728. The second-order valence-electron chi connectivity index (χ2n) is 5.70. The third-order valence-electron chi connectivity index (χ3n) is 3.53. The Morgan fingerprint density at radius 2 is 1.91 bits per heavy atom. The zero-order valence-electron chi connectivity index (χ0n) is 13.6. The van der Waals surface area contributed by atoms with Gasteiger partial charge in [-0.3, -0.25) is 4.79 Å². The van der Waals surface area contributed by atoms with Crippen molar-refractivity contribution in [1.82, 2.24) is 0 Å². The monoisotopic (exact) mass is 308 g/mol. The third-order valence-corrected chi connectivity index (χ3v) is 3.53. The maximum absolute atomic E-state index is 11.9. The number of rotatable bonds is 5. The number of nitrogens with zero attached hydrogens (tertiary/aromatic N) is 1. The molecular weight excluding hydrogens is 288 g/mol. The average Bonchev–Trinajstić information content (AvgIpc) is 2.53. The maximum atomic E-state index is 11.9. The molecule has 0 spiro atoms. The predicted molar refractivity (Wildman–Crippen MR) is 90.5 cm³/mol. The van der Waals surface area contributed by atoms with Gasteiger partial charge in [-0.1, -0.05) is 19.9 Å². The number of amides is 1. The van der Waals surface area contributed by atoms with Crippen LogP contribution in [0.1, 0.15) is 36.5 Å². The fraction of sp³-hybridized carbons (Fsp3) is 0.263. The molecule has 2 aromatic carbocycles. The SMILES string of the molecule is Cc1cc(OCC(=O)Nc2ccc(C#N)cc2)ccc1C(C)C. The molecule has 0 bridgehead atoms. The van der Waals surface area contributed by atoms with Gasteiger partial charge in [0.15, 0.2) is 6.61 Å². The van der Waals surface area contributed by atoms with Gasteiger partial charge in [-0.05, 0) is 60.4 Å². The number of hydrogen-bond donors (Lipinski definition) is 1. The molecule has 4 heteroatoms. The summed E-state index contributed by atoms with van der Waals surface area (Å²) in [6, 6.07) is 14.6. The molecule has 0 heterocycles. The minimum absolute atomic E-state index is 0.0551. The summed E-state index contributed by atoms with van der Waals surface area (Å²) in [4.78, 5) is 11.9. The first-order valence-electron chi connectivity index (χ1n) is 7.53. The normalized spacial score (nSPS) is 10.2. The van der Waals surface area contributed by atoms with Gasteiger partial charge in [-0.15, -0.1) is 0 Å². The summed E-state index contributed by atoms with van der Waals surface area (Å²) in [5.41, 5.74) is 3.63. The van der Waals surface area contributed by atoms with E-state index in [-0.39, 0.29) is 12.5 Å². The highest BCUT2D eigenvalue weighted by atomic mass is 16.5. The Kier molecular flexibility index (Phi) is 5.37. The van der Waals surface area contributed by atoms with E-state index in [2.05, 4.69) is 19.2 Å². The van der Waals surface area contributed by atoms with Gasteiger partial charge in [0.25, 0.3) is 5.91 Å². The topological polar surface area (TPSA) is 62.1 Å².